The molecule has 7 heteroatoms. The number of rotatable bonds is 8. The van der Waals surface area contributed by atoms with Gasteiger partial charge in [-0.3, -0.25) is 0 Å². The summed E-state index contributed by atoms with van der Waals surface area (Å²) >= 11 is 0. The van der Waals surface area contributed by atoms with Crippen molar-refractivity contribution in [3.05, 3.63) is 18.2 Å². The van der Waals surface area contributed by atoms with Crippen molar-refractivity contribution in [3.8, 4) is 0 Å². The smallest absolute Gasteiger partial charge is 0.177 e. The summed E-state index contributed by atoms with van der Waals surface area (Å²) in [6.45, 7) is 1.48. The molecule has 0 aliphatic heterocycles. The van der Waals surface area contributed by atoms with Crippen LogP contribution in [0.15, 0.2) is 23.1 Å². The van der Waals surface area contributed by atoms with Crippen LogP contribution in [0.2, 0.25) is 0 Å². The highest BCUT2D eigenvalue weighted by atomic mass is 32.2. The summed E-state index contributed by atoms with van der Waals surface area (Å²) < 4.78 is 28.1. The molecule has 0 unspecified atom stereocenters. The lowest BCUT2D eigenvalue weighted by Crippen LogP contribution is -2.10. The van der Waals surface area contributed by atoms with Gasteiger partial charge in [-0.15, -0.1) is 0 Å². The van der Waals surface area contributed by atoms with E-state index in [-0.39, 0.29) is 17.2 Å². The Morgan fingerprint density at radius 1 is 1.37 bits per heavy atom. The maximum atomic E-state index is 11.5. The Bertz CT molecular complexity index is 502. The minimum Gasteiger partial charge on any atom is -0.396 e. The highest BCUT2D eigenvalue weighted by Gasteiger charge is 2.13. The molecule has 4 N–H and O–H groups in total. The molecule has 1 aromatic rings. The number of anilines is 2. The van der Waals surface area contributed by atoms with Crippen LogP contribution < -0.4 is 11.1 Å². The predicted octanol–water partition coefficient (Wildman–Crippen LogP) is 0.483. The summed E-state index contributed by atoms with van der Waals surface area (Å²) in [5.74, 6) is 0. The van der Waals surface area contributed by atoms with Gasteiger partial charge in [0.1, 0.15) is 0 Å². The molecule has 19 heavy (non-hydrogen) atoms. The minimum atomic E-state index is -3.32. The Morgan fingerprint density at radius 3 is 2.74 bits per heavy atom. The third-order valence-corrected chi connectivity index (χ3v) is 3.64. The van der Waals surface area contributed by atoms with E-state index in [0.717, 1.165) is 12.7 Å². The molecule has 0 radical (unpaired) electrons. The van der Waals surface area contributed by atoms with Crippen molar-refractivity contribution in [2.24, 2.45) is 0 Å². The van der Waals surface area contributed by atoms with Gasteiger partial charge in [-0.05, 0) is 18.6 Å². The molecule has 0 aromatic heterocycles. The number of aliphatic hydroxyl groups is 1. The lowest BCUT2D eigenvalue weighted by atomic mass is 10.2. The lowest BCUT2D eigenvalue weighted by molar-refractivity contribution is 0.0922. The number of nitrogen functional groups attached to an aromatic ring is 1. The van der Waals surface area contributed by atoms with Gasteiger partial charge in [0.15, 0.2) is 9.84 Å². The van der Waals surface area contributed by atoms with E-state index in [4.69, 9.17) is 15.6 Å². The highest BCUT2D eigenvalue weighted by Crippen LogP contribution is 2.26. The van der Waals surface area contributed by atoms with Crippen LogP contribution in [0.4, 0.5) is 11.4 Å². The van der Waals surface area contributed by atoms with E-state index in [0.29, 0.717) is 25.4 Å². The van der Waals surface area contributed by atoms with Gasteiger partial charge in [-0.1, -0.05) is 6.07 Å². The van der Waals surface area contributed by atoms with Crippen LogP contribution in [-0.4, -0.2) is 46.1 Å². The molecule has 1 aromatic carbocycles. The van der Waals surface area contributed by atoms with E-state index in [2.05, 4.69) is 5.32 Å². The number of sulfone groups is 1. The number of hydrogen-bond acceptors (Lipinski definition) is 6. The average Bonchev–Trinajstić information content (AvgIpc) is 2.34. The van der Waals surface area contributed by atoms with Crippen molar-refractivity contribution in [2.45, 2.75) is 11.3 Å². The second-order valence-corrected chi connectivity index (χ2v) is 6.09. The van der Waals surface area contributed by atoms with Gasteiger partial charge in [-0.2, -0.15) is 0 Å². The molecule has 0 atom stereocenters. The van der Waals surface area contributed by atoms with Gasteiger partial charge in [0, 0.05) is 19.4 Å². The van der Waals surface area contributed by atoms with E-state index in [9.17, 15) is 8.42 Å². The zero-order chi connectivity index (χ0) is 14.3. The van der Waals surface area contributed by atoms with Crippen LogP contribution in [0, 0.1) is 0 Å². The molecule has 0 saturated heterocycles. The molecular formula is C12H20N2O4S. The summed E-state index contributed by atoms with van der Waals surface area (Å²) in [7, 11) is -3.32. The number of aliphatic hydroxyl groups excluding tert-OH is 1. The summed E-state index contributed by atoms with van der Waals surface area (Å²) in [5, 5.41) is 11.6. The van der Waals surface area contributed by atoms with Gasteiger partial charge in [-0.25, -0.2) is 8.42 Å². The van der Waals surface area contributed by atoms with Gasteiger partial charge in [0.25, 0.3) is 0 Å². The first-order valence-electron chi connectivity index (χ1n) is 5.98. The Hall–Kier alpha value is -1.31. The van der Waals surface area contributed by atoms with Gasteiger partial charge >= 0.3 is 0 Å². The van der Waals surface area contributed by atoms with Crippen LogP contribution in [0.25, 0.3) is 0 Å². The molecular weight excluding hydrogens is 268 g/mol. The Morgan fingerprint density at radius 2 is 2.11 bits per heavy atom. The fourth-order valence-corrected chi connectivity index (χ4v) is 2.42. The highest BCUT2D eigenvalue weighted by molar-refractivity contribution is 7.90. The summed E-state index contributed by atoms with van der Waals surface area (Å²) in [4.78, 5) is 0.133. The third-order valence-electron chi connectivity index (χ3n) is 2.48. The molecule has 0 spiro atoms. The number of hydrogen-bond donors (Lipinski definition) is 3. The second-order valence-electron chi connectivity index (χ2n) is 4.11. The number of benzene rings is 1. The molecule has 108 valence electrons. The van der Waals surface area contributed by atoms with Crippen LogP contribution in [0.1, 0.15) is 6.42 Å². The standard InChI is InChI=1S/C12H20N2O4S/c1-19(16,17)11-5-2-4-10(12(11)13)14-6-3-8-18-9-7-15/h2,4-5,14-15H,3,6-9,13H2,1H3. The molecule has 0 heterocycles. The predicted molar refractivity (Wildman–Crippen MR) is 75.0 cm³/mol. The topological polar surface area (TPSA) is 102 Å². The third kappa shape index (κ3) is 5.06. The number of ether oxygens (including phenoxy) is 1. The molecule has 0 aliphatic rings. The first-order valence-corrected chi connectivity index (χ1v) is 7.87. The van der Waals surface area contributed by atoms with Crippen molar-refractivity contribution in [1.29, 1.82) is 0 Å². The Labute approximate surface area is 113 Å². The molecule has 6 nitrogen and oxygen atoms in total. The summed E-state index contributed by atoms with van der Waals surface area (Å²) in [6, 6.07) is 4.87. The van der Waals surface area contributed by atoms with E-state index in [1.165, 1.54) is 6.07 Å². The molecule has 1 rings (SSSR count). The van der Waals surface area contributed by atoms with Crippen molar-refractivity contribution >= 4 is 21.2 Å². The van der Waals surface area contributed by atoms with E-state index < -0.39 is 9.84 Å². The zero-order valence-corrected chi connectivity index (χ0v) is 11.7. The molecule has 0 bridgehead atoms. The minimum absolute atomic E-state index is 0.0107. The van der Waals surface area contributed by atoms with Crippen LogP contribution in [0.5, 0.6) is 0 Å². The van der Waals surface area contributed by atoms with Gasteiger partial charge in [0.2, 0.25) is 0 Å². The van der Waals surface area contributed by atoms with Crippen molar-refractivity contribution in [2.75, 3.05) is 43.7 Å². The van der Waals surface area contributed by atoms with Crippen molar-refractivity contribution in [1.82, 2.24) is 0 Å². The fourth-order valence-electron chi connectivity index (χ4n) is 1.59. The van der Waals surface area contributed by atoms with Gasteiger partial charge < -0.3 is 20.9 Å². The largest absolute Gasteiger partial charge is 0.396 e. The van der Waals surface area contributed by atoms with Crippen LogP contribution >= 0.6 is 0 Å². The molecule has 0 amide bonds. The summed E-state index contributed by atoms with van der Waals surface area (Å²) in [5.41, 5.74) is 6.67. The summed E-state index contributed by atoms with van der Waals surface area (Å²) in [6.07, 6.45) is 1.87. The number of para-hydroxylation sites is 1. The van der Waals surface area contributed by atoms with Gasteiger partial charge in [0.05, 0.1) is 29.5 Å². The van der Waals surface area contributed by atoms with Crippen LogP contribution in [0.3, 0.4) is 0 Å². The second kappa shape index (κ2) is 7.32. The van der Waals surface area contributed by atoms with E-state index in [1.807, 2.05) is 0 Å². The van der Waals surface area contributed by atoms with E-state index >= 15 is 0 Å². The Balaban J connectivity index is 2.56. The number of nitrogens with one attached hydrogen (secondary N) is 1. The maximum Gasteiger partial charge on any atom is 0.177 e. The zero-order valence-electron chi connectivity index (χ0n) is 10.9. The normalized spacial score (nSPS) is 11.5. The van der Waals surface area contributed by atoms with Crippen LogP contribution in [-0.2, 0) is 14.6 Å². The number of nitrogens with two attached hydrogens (primary N) is 1. The lowest BCUT2D eigenvalue weighted by Gasteiger charge is -2.12. The fraction of sp³-hybridized carbons (Fsp3) is 0.500. The molecule has 0 aliphatic carbocycles. The van der Waals surface area contributed by atoms with Crippen molar-refractivity contribution in [3.63, 3.8) is 0 Å². The van der Waals surface area contributed by atoms with E-state index in [1.54, 1.807) is 12.1 Å². The maximum absolute atomic E-state index is 11.5. The SMILES string of the molecule is CS(=O)(=O)c1cccc(NCCCOCCO)c1N. The first-order chi connectivity index (χ1) is 8.96. The molecule has 0 saturated carbocycles. The molecule has 0 fully saturated rings. The monoisotopic (exact) mass is 288 g/mol. The quantitative estimate of drug-likeness (QED) is 0.475. The average molecular weight is 288 g/mol. The first kappa shape index (κ1) is 15.7. The van der Waals surface area contributed by atoms with Crippen molar-refractivity contribution < 1.29 is 18.3 Å². The Kier molecular flexibility index (Phi) is 6.07.